The number of methoxy groups -OCH3 is 1. The molecule has 3 aliphatic rings. The Morgan fingerprint density at radius 3 is 2.56 bits per heavy atom. The first-order valence-corrected chi connectivity index (χ1v) is 12.1. The topological polar surface area (TPSA) is 92.8 Å². The van der Waals surface area contributed by atoms with Gasteiger partial charge >= 0.3 is 0 Å². The highest BCUT2D eigenvalue weighted by Gasteiger charge is 2.61. The summed E-state index contributed by atoms with van der Waals surface area (Å²) in [6, 6.07) is 10.7. The van der Waals surface area contributed by atoms with Gasteiger partial charge in [0.25, 0.3) is 10.0 Å². The third kappa shape index (κ3) is 3.04. The summed E-state index contributed by atoms with van der Waals surface area (Å²) in [6.45, 7) is 2.00. The van der Waals surface area contributed by atoms with Gasteiger partial charge in [0.1, 0.15) is 10.6 Å². The molecule has 5 rings (SSSR count). The molecule has 1 aliphatic heterocycles. The van der Waals surface area contributed by atoms with E-state index < -0.39 is 10.0 Å². The summed E-state index contributed by atoms with van der Waals surface area (Å²) < 4.78 is 33.9. The number of anilines is 2. The average Bonchev–Trinajstić information content (AvgIpc) is 3.39. The summed E-state index contributed by atoms with van der Waals surface area (Å²) in [5.41, 5.74) is 1.60. The number of nitrogens with one attached hydrogen (secondary N) is 1. The average molecular weight is 473 g/mol. The summed E-state index contributed by atoms with van der Waals surface area (Å²) in [5, 5.41) is -0.0204. The van der Waals surface area contributed by atoms with Crippen LogP contribution in [-0.2, 0) is 19.6 Å². The number of fused-ring (bicyclic) bond motifs is 5. The lowest BCUT2D eigenvalue weighted by Crippen LogP contribution is -2.33. The molecule has 2 aliphatic carbocycles. The molecule has 9 heteroatoms. The van der Waals surface area contributed by atoms with Gasteiger partial charge in [0.2, 0.25) is 11.8 Å². The van der Waals surface area contributed by atoms with Crippen molar-refractivity contribution in [3.05, 3.63) is 59.1 Å². The number of nitrogens with zero attached hydrogens (tertiary/aromatic N) is 1. The van der Waals surface area contributed by atoms with E-state index in [1.807, 2.05) is 6.92 Å². The van der Waals surface area contributed by atoms with E-state index in [1.54, 1.807) is 24.3 Å². The zero-order valence-electron chi connectivity index (χ0n) is 17.4. The van der Waals surface area contributed by atoms with Gasteiger partial charge in [-0.25, -0.2) is 13.3 Å². The minimum atomic E-state index is -4.12. The Labute approximate surface area is 191 Å². The summed E-state index contributed by atoms with van der Waals surface area (Å²) >= 11 is 6.22. The first kappa shape index (κ1) is 21.0. The molecule has 0 aromatic heterocycles. The van der Waals surface area contributed by atoms with Crippen LogP contribution < -0.4 is 14.4 Å². The molecule has 1 N–H and O–H groups in total. The molecule has 0 radical (unpaired) electrons. The van der Waals surface area contributed by atoms with Crippen LogP contribution in [0.4, 0.5) is 11.4 Å². The van der Waals surface area contributed by atoms with Gasteiger partial charge in [0.15, 0.2) is 0 Å². The van der Waals surface area contributed by atoms with E-state index in [0.29, 0.717) is 5.75 Å². The fraction of sp³-hybridized carbons (Fsp3) is 0.304. The molecule has 0 unspecified atom stereocenters. The molecule has 1 saturated heterocycles. The fourth-order valence-electron chi connectivity index (χ4n) is 5.29. The highest BCUT2D eigenvalue weighted by atomic mass is 35.5. The molecule has 166 valence electrons. The van der Waals surface area contributed by atoms with Crippen LogP contribution in [0.5, 0.6) is 5.75 Å². The monoisotopic (exact) mass is 472 g/mol. The highest BCUT2D eigenvalue weighted by Crippen LogP contribution is 2.56. The van der Waals surface area contributed by atoms with Gasteiger partial charge in [0.05, 0.1) is 35.3 Å². The number of rotatable bonds is 5. The molecule has 7 nitrogen and oxygen atoms in total. The first-order valence-electron chi connectivity index (χ1n) is 10.2. The highest BCUT2D eigenvalue weighted by molar-refractivity contribution is 7.92. The number of allylic oxidation sites excluding steroid dienone is 2. The second-order valence-electron chi connectivity index (χ2n) is 8.40. The number of ether oxygens (including phenoxy) is 1. The number of carbonyl (C=O) groups is 2. The number of benzene rings is 2. The molecular formula is C23H21ClN2O5S. The number of halogens is 1. The maximum absolute atomic E-state index is 13.2. The van der Waals surface area contributed by atoms with Crippen molar-refractivity contribution in [3.63, 3.8) is 0 Å². The zero-order valence-corrected chi connectivity index (χ0v) is 19.0. The standard InChI is InChI=1S/C23H21ClN2O5S/c1-12-9-13-10-15(12)21-20(13)22(27)26(23(21)28)14-7-8-16(24)19(11-14)32(29,30)25-17-5-3-4-6-18(17)31-2/h3-9,11,13,15,20-21,25H,10H2,1-2H3/t13-,15+,20-,21+/m0/s1. The van der Waals surface area contributed by atoms with Crippen molar-refractivity contribution in [2.45, 2.75) is 18.2 Å². The number of carbonyl (C=O) groups excluding carboxylic acids is 2. The molecule has 1 heterocycles. The molecule has 4 atom stereocenters. The van der Waals surface area contributed by atoms with Crippen LogP contribution in [-0.4, -0.2) is 27.3 Å². The summed E-state index contributed by atoms with van der Waals surface area (Å²) in [5.74, 6) is -0.816. The van der Waals surface area contributed by atoms with Crippen LogP contribution >= 0.6 is 11.6 Å². The summed E-state index contributed by atoms with van der Waals surface area (Å²) in [7, 11) is -2.69. The van der Waals surface area contributed by atoms with E-state index in [4.69, 9.17) is 16.3 Å². The molecule has 2 bridgehead atoms. The van der Waals surface area contributed by atoms with E-state index in [1.165, 1.54) is 25.3 Å². The van der Waals surface area contributed by atoms with Gasteiger partial charge in [-0.3, -0.25) is 14.3 Å². The normalized spacial score (nSPS) is 26.3. The van der Waals surface area contributed by atoms with Crippen LogP contribution in [0.3, 0.4) is 0 Å². The van der Waals surface area contributed by atoms with Crippen molar-refractivity contribution in [1.29, 1.82) is 0 Å². The lowest BCUT2D eigenvalue weighted by Gasteiger charge is -2.20. The molecule has 2 fully saturated rings. The van der Waals surface area contributed by atoms with E-state index in [2.05, 4.69) is 10.8 Å². The van der Waals surface area contributed by atoms with Gasteiger partial charge in [-0.05, 0) is 55.5 Å². The second-order valence-corrected chi connectivity index (χ2v) is 10.5. The van der Waals surface area contributed by atoms with Crippen LogP contribution in [0.2, 0.25) is 5.02 Å². The SMILES string of the molecule is COc1ccccc1NS(=O)(=O)c1cc(N2C(=O)[C@@H]3[C@H](C2=O)[C@@H]2C[C@@H]3C=C2C)ccc1Cl. The summed E-state index contributed by atoms with van der Waals surface area (Å²) in [4.78, 5) is 27.3. The predicted octanol–water partition coefficient (Wildman–Crippen LogP) is 3.85. The van der Waals surface area contributed by atoms with Gasteiger partial charge in [-0.2, -0.15) is 0 Å². The second kappa shape index (κ2) is 7.35. The number of hydrogen-bond donors (Lipinski definition) is 1. The van der Waals surface area contributed by atoms with Crippen molar-refractivity contribution in [2.75, 3.05) is 16.7 Å². The largest absolute Gasteiger partial charge is 0.495 e. The molecule has 32 heavy (non-hydrogen) atoms. The van der Waals surface area contributed by atoms with Crippen molar-refractivity contribution in [1.82, 2.24) is 0 Å². The Balaban J connectivity index is 1.50. The lowest BCUT2D eigenvalue weighted by atomic mass is 9.82. The Kier molecular flexibility index (Phi) is 4.83. The molecule has 0 spiro atoms. The third-order valence-electron chi connectivity index (χ3n) is 6.69. The van der Waals surface area contributed by atoms with Crippen molar-refractivity contribution in [2.24, 2.45) is 23.7 Å². The molecule has 1 saturated carbocycles. The zero-order chi connectivity index (χ0) is 22.8. The number of sulfonamides is 1. The maximum Gasteiger partial charge on any atom is 0.263 e. The number of amides is 2. The van der Waals surface area contributed by atoms with Gasteiger partial charge in [-0.1, -0.05) is 35.4 Å². The van der Waals surface area contributed by atoms with Crippen LogP contribution in [0.15, 0.2) is 59.0 Å². The van der Waals surface area contributed by atoms with Gasteiger partial charge < -0.3 is 4.74 Å². The predicted molar refractivity (Wildman–Crippen MR) is 120 cm³/mol. The van der Waals surface area contributed by atoms with Crippen LogP contribution in [0.1, 0.15) is 13.3 Å². The van der Waals surface area contributed by atoms with E-state index >= 15 is 0 Å². The van der Waals surface area contributed by atoms with E-state index in [9.17, 15) is 18.0 Å². The Bertz CT molecular complexity index is 1290. The molecule has 2 amide bonds. The smallest absolute Gasteiger partial charge is 0.263 e. The Hall–Kier alpha value is -2.84. The summed E-state index contributed by atoms with van der Waals surface area (Å²) in [6.07, 6.45) is 2.92. The third-order valence-corrected chi connectivity index (χ3v) is 8.54. The molecule has 2 aromatic rings. The fourth-order valence-corrected chi connectivity index (χ4v) is 6.89. The van der Waals surface area contributed by atoms with Crippen molar-refractivity contribution >= 4 is 44.8 Å². The van der Waals surface area contributed by atoms with Gasteiger partial charge in [0, 0.05) is 0 Å². The van der Waals surface area contributed by atoms with Crippen molar-refractivity contribution < 1.29 is 22.7 Å². The maximum atomic E-state index is 13.2. The van der Waals surface area contributed by atoms with Crippen molar-refractivity contribution in [3.8, 4) is 5.75 Å². The quantitative estimate of drug-likeness (QED) is 0.527. The van der Waals surface area contributed by atoms with Gasteiger partial charge in [-0.15, -0.1) is 0 Å². The molecule has 2 aromatic carbocycles. The Morgan fingerprint density at radius 1 is 1.09 bits per heavy atom. The number of hydrogen-bond acceptors (Lipinski definition) is 5. The first-order chi connectivity index (χ1) is 15.2. The minimum Gasteiger partial charge on any atom is -0.495 e. The van der Waals surface area contributed by atoms with E-state index in [0.717, 1.165) is 16.9 Å². The van der Waals surface area contributed by atoms with Crippen LogP contribution in [0, 0.1) is 23.7 Å². The Morgan fingerprint density at radius 2 is 1.81 bits per heavy atom. The number of para-hydroxylation sites is 2. The lowest BCUT2D eigenvalue weighted by molar-refractivity contribution is -0.123. The number of imide groups is 1. The minimum absolute atomic E-state index is 0.0204. The molecular weight excluding hydrogens is 452 g/mol. The van der Waals surface area contributed by atoms with E-state index in [-0.39, 0.29) is 56.8 Å². The van der Waals surface area contributed by atoms with Crippen LogP contribution in [0.25, 0.3) is 0 Å².